The lowest BCUT2D eigenvalue weighted by atomic mass is 10.0. The maximum atomic E-state index is 11.8. The number of carbonyl (C=O) groups excluding carboxylic acids is 1. The third-order valence-corrected chi connectivity index (χ3v) is 4.31. The molecule has 4 heteroatoms. The predicted molar refractivity (Wildman–Crippen MR) is 92.1 cm³/mol. The van der Waals surface area contributed by atoms with E-state index in [0.717, 1.165) is 0 Å². The van der Waals surface area contributed by atoms with Gasteiger partial charge >= 0.3 is 6.09 Å². The fraction of sp³-hybridized carbons (Fsp3) is 0.944. The van der Waals surface area contributed by atoms with Gasteiger partial charge in [-0.1, -0.05) is 32.6 Å². The molecule has 1 fully saturated rings. The molecule has 0 radical (unpaired) electrons. The molecule has 0 heterocycles. The minimum atomic E-state index is -0.425. The summed E-state index contributed by atoms with van der Waals surface area (Å²) in [5.41, 5.74) is -0.425. The maximum absolute atomic E-state index is 11.8. The summed E-state index contributed by atoms with van der Waals surface area (Å²) in [5, 5.41) is 6.70. The van der Waals surface area contributed by atoms with Gasteiger partial charge in [0.15, 0.2) is 0 Å². The number of rotatable bonds is 8. The van der Waals surface area contributed by atoms with Gasteiger partial charge in [-0.05, 0) is 52.9 Å². The number of unbranched alkanes of at least 4 members (excludes halogenated alkanes) is 2. The van der Waals surface area contributed by atoms with Gasteiger partial charge in [0.1, 0.15) is 5.60 Å². The van der Waals surface area contributed by atoms with Gasteiger partial charge in [-0.15, -0.1) is 0 Å². The zero-order valence-electron chi connectivity index (χ0n) is 15.2. The highest BCUT2D eigenvalue weighted by Crippen LogP contribution is 2.26. The summed E-state index contributed by atoms with van der Waals surface area (Å²) in [5.74, 6) is 0.529. The van der Waals surface area contributed by atoms with Crippen molar-refractivity contribution >= 4 is 6.09 Å². The molecule has 0 aliphatic heterocycles. The van der Waals surface area contributed by atoms with E-state index >= 15 is 0 Å². The van der Waals surface area contributed by atoms with Crippen molar-refractivity contribution in [1.29, 1.82) is 0 Å². The van der Waals surface area contributed by atoms with Crippen molar-refractivity contribution in [2.75, 3.05) is 6.54 Å². The molecule has 2 N–H and O–H groups in total. The van der Waals surface area contributed by atoms with Crippen molar-refractivity contribution in [3.63, 3.8) is 0 Å². The van der Waals surface area contributed by atoms with Crippen molar-refractivity contribution in [3.8, 4) is 0 Å². The van der Waals surface area contributed by atoms with Gasteiger partial charge in [0, 0.05) is 18.6 Å². The van der Waals surface area contributed by atoms with Crippen molar-refractivity contribution in [3.05, 3.63) is 0 Å². The Bertz CT molecular complexity index is 326. The fourth-order valence-corrected chi connectivity index (χ4v) is 3.18. The molecule has 0 bridgehead atoms. The fourth-order valence-electron chi connectivity index (χ4n) is 3.18. The number of hydrogen-bond donors (Lipinski definition) is 2. The molecule has 0 spiro atoms. The van der Waals surface area contributed by atoms with E-state index in [1.807, 2.05) is 20.8 Å². The van der Waals surface area contributed by atoms with Crippen molar-refractivity contribution in [2.24, 2.45) is 5.92 Å². The molecule has 1 aliphatic rings. The molecule has 130 valence electrons. The molecule has 0 aromatic rings. The molecular weight excluding hydrogens is 276 g/mol. The number of carbonyl (C=O) groups is 1. The molecular formula is C18H36N2O2. The molecule has 0 aromatic heterocycles. The first-order valence-corrected chi connectivity index (χ1v) is 9.04. The summed E-state index contributed by atoms with van der Waals surface area (Å²) in [7, 11) is 0. The molecule has 0 saturated heterocycles. The average Bonchev–Trinajstić information content (AvgIpc) is 2.82. The maximum Gasteiger partial charge on any atom is 0.407 e. The first kappa shape index (κ1) is 19.3. The highest BCUT2D eigenvalue weighted by atomic mass is 16.6. The van der Waals surface area contributed by atoms with Crippen LogP contribution in [0.1, 0.15) is 79.6 Å². The van der Waals surface area contributed by atoms with E-state index in [1.54, 1.807) is 0 Å². The second kappa shape index (κ2) is 9.39. The molecule has 4 nitrogen and oxygen atoms in total. The summed E-state index contributed by atoms with van der Waals surface area (Å²) in [6.07, 6.45) is 8.51. The van der Waals surface area contributed by atoms with E-state index in [9.17, 15) is 4.79 Å². The van der Waals surface area contributed by atoms with Gasteiger partial charge < -0.3 is 15.4 Å². The quantitative estimate of drug-likeness (QED) is 0.659. The third kappa shape index (κ3) is 8.02. The Labute approximate surface area is 136 Å². The van der Waals surface area contributed by atoms with Crippen LogP contribution in [0.5, 0.6) is 0 Å². The van der Waals surface area contributed by atoms with Gasteiger partial charge in [-0.2, -0.15) is 0 Å². The monoisotopic (exact) mass is 312 g/mol. The van der Waals surface area contributed by atoms with Gasteiger partial charge in [0.2, 0.25) is 0 Å². The minimum Gasteiger partial charge on any atom is -0.444 e. The van der Waals surface area contributed by atoms with Crippen molar-refractivity contribution in [2.45, 2.75) is 97.2 Å². The lowest BCUT2D eigenvalue weighted by Gasteiger charge is -2.26. The second-order valence-electron chi connectivity index (χ2n) is 7.74. The van der Waals surface area contributed by atoms with E-state index in [1.165, 1.54) is 44.9 Å². The summed E-state index contributed by atoms with van der Waals surface area (Å²) in [6, 6.07) is 1.10. The molecule has 22 heavy (non-hydrogen) atoms. The number of alkyl carbamates (subject to hydrolysis) is 1. The summed E-state index contributed by atoms with van der Waals surface area (Å²) >= 11 is 0. The van der Waals surface area contributed by atoms with Crippen molar-refractivity contribution < 1.29 is 9.53 Å². The van der Waals surface area contributed by atoms with Crippen LogP contribution in [0, 0.1) is 5.92 Å². The number of amides is 1. The van der Waals surface area contributed by atoms with Crippen LogP contribution in [0.25, 0.3) is 0 Å². The summed E-state index contributed by atoms with van der Waals surface area (Å²) in [4.78, 5) is 11.8. The van der Waals surface area contributed by atoms with Crippen molar-refractivity contribution in [1.82, 2.24) is 10.6 Å². The largest absolute Gasteiger partial charge is 0.444 e. The Kier molecular flexibility index (Phi) is 8.23. The van der Waals surface area contributed by atoms with Crippen LogP contribution in [-0.4, -0.2) is 30.3 Å². The Hall–Kier alpha value is -0.770. The van der Waals surface area contributed by atoms with E-state index in [-0.39, 0.29) is 6.09 Å². The average molecular weight is 312 g/mol. The van der Waals surface area contributed by atoms with E-state index in [2.05, 4.69) is 24.5 Å². The summed E-state index contributed by atoms with van der Waals surface area (Å²) in [6.45, 7) is 10.9. The Balaban J connectivity index is 2.29. The van der Waals surface area contributed by atoms with Gasteiger partial charge in [0.05, 0.1) is 0 Å². The summed E-state index contributed by atoms with van der Waals surface area (Å²) < 4.78 is 5.31. The zero-order chi connectivity index (χ0) is 16.6. The number of nitrogens with one attached hydrogen (secondary N) is 2. The first-order chi connectivity index (χ1) is 10.3. The molecule has 1 saturated carbocycles. The van der Waals surface area contributed by atoms with Crippen LogP contribution in [-0.2, 0) is 4.74 Å². The smallest absolute Gasteiger partial charge is 0.407 e. The molecule has 0 aromatic carbocycles. The molecule has 1 aliphatic carbocycles. The van der Waals surface area contributed by atoms with Crippen LogP contribution in [0.3, 0.4) is 0 Å². The van der Waals surface area contributed by atoms with Crippen LogP contribution < -0.4 is 10.6 Å². The number of hydrogen-bond acceptors (Lipinski definition) is 3. The number of ether oxygens (including phenoxy) is 1. The Morgan fingerprint density at radius 2 is 2.00 bits per heavy atom. The van der Waals surface area contributed by atoms with E-state index in [0.29, 0.717) is 24.5 Å². The third-order valence-electron chi connectivity index (χ3n) is 4.31. The molecule has 1 amide bonds. The Morgan fingerprint density at radius 3 is 2.64 bits per heavy atom. The molecule has 1 rings (SSSR count). The molecule has 3 atom stereocenters. The van der Waals surface area contributed by atoms with Gasteiger partial charge in [-0.3, -0.25) is 0 Å². The standard InChI is InChI=1S/C18H36N2O2/c1-6-7-8-10-14(2)20-16-12-9-11-15(16)13-19-17(21)22-18(3,4)5/h14-16,20H,6-13H2,1-5H3,(H,19,21). The lowest BCUT2D eigenvalue weighted by Crippen LogP contribution is -2.43. The topological polar surface area (TPSA) is 50.4 Å². The molecule has 3 unspecified atom stereocenters. The Morgan fingerprint density at radius 1 is 1.27 bits per heavy atom. The highest BCUT2D eigenvalue weighted by Gasteiger charge is 2.28. The minimum absolute atomic E-state index is 0.297. The first-order valence-electron chi connectivity index (χ1n) is 9.04. The van der Waals surface area contributed by atoms with E-state index in [4.69, 9.17) is 4.74 Å². The van der Waals surface area contributed by atoms with E-state index < -0.39 is 5.60 Å². The lowest BCUT2D eigenvalue weighted by molar-refractivity contribution is 0.0517. The van der Waals surface area contributed by atoms with Crippen LogP contribution in [0.15, 0.2) is 0 Å². The van der Waals surface area contributed by atoms with Gasteiger partial charge in [0.25, 0.3) is 0 Å². The van der Waals surface area contributed by atoms with Crippen LogP contribution in [0.2, 0.25) is 0 Å². The zero-order valence-corrected chi connectivity index (χ0v) is 15.2. The SMILES string of the molecule is CCCCCC(C)NC1CCCC1CNC(=O)OC(C)(C)C. The highest BCUT2D eigenvalue weighted by molar-refractivity contribution is 5.67. The van der Waals surface area contributed by atoms with Crippen LogP contribution >= 0.6 is 0 Å². The predicted octanol–water partition coefficient (Wildman–Crippen LogP) is 4.24. The van der Waals surface area contributed by atoms with Crippen LogP contribution in [0.4, 0.5) is 4.79 Å². The normalized spacial score (nSPS) is 23.3. The van der Waals surface area contributed by atoms with Gasteiger partial charge in [-0.25, -0.2) is 4.79 Å². The second-order valence-corrected chi connectivity index (χ2v) is 7.74.